The first-order valence-electron chi connectivity index (χ1n) is 9.43. The van der Waals surface area contributed by atoms with Gasteiger partial charge in [-0.25, -0.2) is 0 Å². The van der Waals surface area contributed by atoms with Crippen LogP contribution >= 0.6 is 24.0 Å². The highest BCUT2D eigenvalue weighted by Gasteiger charge is 2.41. The van der Waals surface area contributed by atoms with Crippen molar-refractivity contribution in [3.8, 4) is 0 Å². The Morgan fingerprint density at radius 1 is 1.30 bits per heavy atom. The number of hydrogen-bond donors (Lipinski definition) is 1. The zero-order chi connectivity index (χ0) is 18.6. The Morgan fingerprint density at radius 3 is 2.70 bits per heavy atom. The molecule has 1 aromatic carbocycles. The number of benzene rings is 1. The molecule has 0 bridgehead atoms. The third-order valence-corrected chi connectivity index (χ3v) is 5.38. The fourth-order valence-corrected chi connectivity index (χ4v) is 3.64. The summed E-state index contributed by atoms with van der Waals surface area (Å²) in [6, 6.07) is 11.1. The van der Waals surface area contributed by atoms with Crippen LogP contribution in [0.25, 0.3) is 0 Å². The standard InChI is InChI=1S/C20H32N4O2.HI/c1-20(2,25-4)15-22-19(21-3)24-13-17-18(14-24)26-11-10-23(17)12-16-8-6-5-7-9-16;/h5-9,17-18H,10-15H2,1-4H3,(H,21,22);1H. The van der Waals surface area contributed by atoms with Crippen LogP contribution in [0.2, 0.25) is 0 Å². The Morgan fingerprint density at radius 2 is 2.04 bits per heavy atom. The van der Waals surface area contributed by atoms with Gasteiger partial charge in [-0.15, -0.1) is 24.0 Å². The quantitative estimate of drug-likeness (QED) is 0.392. The van der Waals surface area contributed by atoms with Crippen molar-refractivity contribution in [1.82, 2.24) is 15.1 Å². The first-order valence-corrected chi connectivity index (χ1v) is 9.43. The number of rotatable bonds is 5. The Hall–Kier alpha value is -0.900. The zero-order valence-corrected chi connectivity index (χ0v) is 19.2. The van der Waals surface area contributed by atoms with E-state index in [9.17, 15) is 0 Å². The van der Waals surface area contributed by atoms with Crippen LogP contribution in [0, 0.1) is 0 Å². The number of hydrogen-bond acceptors (Lipinski definition) is 4. The average Bonchev–Trinajstić information content (AvgIpc) is 3.08. The van der Waals surface area contributed by atoms with E-state index in [1.54, 1.807) is 7.11 Å². The highest BCUT2D eigenvalue weighted by molar-refractivity contribution is 14.0. The molecular weight excluding hydrogens is 455 g/mol. The maximum Gasteiger partial charge on any atom is 0.193 e. The van der Waals surface area contributed by atoms with Gasteiger partial charge < -0.3 is 19.7 Å². The molecule has 2 aliphatic rings. The van der Waals surface area contributed by atoms with Crippen LogP contribution in [0.3, 0.4) is 0 Å². The number of methoxy groups -OCH3 is 1. The monoisotopic (exact) mass is 488 g/mol. The van der Waals surface area contributed by atoms with Crippen molar-refractivity contribution < 1.29 is 9.47 Å². The first kappa shape index (κ1) is 22.4. The first-order chi connectivity index (χ1) is 12.5. The third-order valence-electron chi connectivity index (χ3n) is 5.38. The molecule has 0 amide bonds. The molecule has 2 aliphatic heterocycles. The summed E-state index contributed by atoms with van der Waals surface area (Å²) in [5.74, 6) is 0.924. The number of likely N-dealkylation sites (tertiary alicyclic amines) is 1. The van der Waals surface area contributed by atoms with Gasteiger partial charge >= 0.3 is 0 Å². The summed E-state index contributed by atoms with van der Waals surface area (Å²) in [4.78, 5) is 9.34. The van der Waals surface area contributed by atoms with Crippen LogP contribution in [0.1, 0.15) is 19.4 Å². The minimum atomic E-state index is -0.224. The van der Waals surface area contributed by atoms with E-state index in [0.29, 0.717) is 6.04 Å². The van der Waals surface area contributed by atoms with E-state index in [1.807, 2.05) is 7.05 Å². The van der Waals surface area contributed by atoms with Crippen molar-refractivity contribution in [2.24, 2.45) is 4.99 Å². The van der Waals surface area contributed by atoms with Crippen LogP contribution in [0.5, 0.6) is 0 Å². The summed E-state index contributed by atoms with van der Waals surface area (Å²) in [6.45, 7) is 9.42. The van der Waals surface area contributed by atoms with Crippen molar-refractivity contribution in [2.75, 3.05) is 46.9 Å². The lowest BCUT2D eigenvalue weighted by Gasteiger charge is -2.36. The molecule has 27 heavy (non-hydrogen) atoms. The van der Waals surface area contributed by atoms with Gasteiger partial charge in [-0.2, -0.15) is 0 Å². The summed E-state index contributed by atoms with van der Waals surface area (Å²) in [5.41, 5.74) is 1.13. The Labute approximate surface area is 180 Å². The summed E-state index contributed by atoms with van der Waals surface area (Å²) in [5, 5.41) is 3.45. The number of nitrogens with one attached hydrogen (secondary N) is 1. The molecule has 1 aromatic rings. The molecule has 2 saturated heterocycles. The van der Waals surface area contributed by atoms with E-state index >= 15 is 0 Å². The number of halogens is 1. The van der Waals surface area contributed by atoms with Gasteiger partial charge in [-0.05, 0) is 19.4 Å². The molecule has 3 rings (SSSR count). The van der Waals surface area contributed by atoms with Gasteiger partial charge in [0.15, 0.2) is 5.96 Å². The number of guanidine groups is 1. The third kappa shape index (κ3) is 5.79. The Bertz CT molecular complexity index is 611. The van der Waals surface area contributed by atoms with Gasteiger partial charge in [0.2, 0.25) is 0 Å². The average molecular weight is 488 g/mol. The van der Waals surface area contributed by atoms with E-state index < -0.39 is 0 Å². The summed E-state index contributed by atoms with van der Waals surface area (Å²) in [6.07, 6.45) is 0.237. The highest BCUT2D eigenvalue weighted by Crippen LogP contribution is 2.24. The molecule has 152 valence electrons. The molecule has 0 radical (unpaired) electrons. The molecule has 7 heteroatoms. The van der Waals surface area contributed by atoms with Gasteiger partial charge in [0.1, 0.15) is 0 Å². The fourth-order valence-electron chi connectivity index (χ4n) is 3.64. The summed E-state index contributed by atoms with van der Waals surface area (Å²) in [7, 11) is 3.58. The number of nitrogens with zero attached hydrogens (tertiary/aromatic N) is 3. The van der Waals surface area contributed by atoms with Crippen molar-refractivity contribution in [3.05, 3.63) is 35.9 Å². The van der Waals surface area contributed by atoms with E-state index in [1.165, 1.54) is 5.56 Å². The molecule has 2 unspecified atom stereocenters. The maximum absolute atomic E-state index is 6.07. The van der Waals surface area contributed by atoms with Crippen molar-refractivity contribution >= 4 is 29.9 Å². The van der Waals surface area contributed by atoms with E-state index in [0.717, 1.165) is 45.3 Å². The second kappa shape index (κ2) is 10.0. The summed E-state index contributed by atoms with van der Waals surface area (Å²) < 4.78 is 11.6. The molecule has 6 nitrogen and oxygen atoms in total. The van der Waals surface area contributed by atoms with Gasteiger partial charge in [0, 0.05) is 46.9 Å². The SMILES string of the molecule is CN=C(NCC(C)(C)OC)N1CC2OCCN(Cc3ccccc3)C2C1.I. The lowest BCUT2D eigenvalue weighted by molar-refractivity contribution is -0.0502. The topological polar surface area (TPSA) is 49.3 Å². The molecule has 2 heterocycles. The smallest absolute Gasteiger partial charge is 0.193 e. The van der Waals surface area contributed by atoms with Gasteiger partial charge in [-0.1, -0.05) is 30.3 Å². The van der Waals surface area contributed by atoms with Crippen molar-refractivity contribution in [3.63, 3.8) is 0 Å². The molecule has 0 saturated carbocycles. The van der Waals surface area contributed by atoms with Crippen LogP contribution in [-0.4, -0.2) is 80.4 Å². The molecule has 2 fully saturated rings. The normalized spacial score (nSPS) is 23.7. The largest absolute Gasteiger partial charge is 0.377 e. The number of fused-ring (bicyclic) bond motifs is 1. The molecule has 1 N–H and O–H groups in total. The lowest BCUT2D eigenvalue weighted by Crippen LogP contribution is -2.50. The molecule has 0 spiro atoms. The highest BCUT2D eigenvalue weighted by atomic mass is 127. The molecule has 0 aliphatic carbocycles. The second-order valence-electron chi connectivity index (χ2n) is 7.70. The maximum atomic E-state index is 6.07. The van der Waals surface area contributed by atoms with Crippen LogP contribution in [0.4, 0.5) is 0 Å². The zero-order valence-electron chi connectivity index (χ0n) is 16.9. The predicted molar refractivity (Wildman–Crippen MR) is 120 cm³/mol. The minimum Gasteiger partial charge on any atom is -0.377 e. The van der Waals surface area contributed by atoms with Crippen LogP contribution in [-0.2, 0) is 16.0 Å². The fraction of sp³-hybridized carbons (Fsp3) is 0.650. The minimum absolute atomic E-state index is 0. The number of aliphatic imine (C=N–C) groups is 1. The van der Waals surface area contributed by atoms with Crippen molar-refractivity contribution in [2.45, 2.75) is 38.1 Å². The van der Waals surface area contributed by atoms with Crippen LogP contribution < -0.4 is 5.32 Å². The lowest BCUT2D eigenvalue weighted by atomic mass is 10.1. The van der Waals surface area contributed by atoms with Gasteiger partial charge in [0.25, 0.3) is 0 Å². The molecule has 2 atom stereocenters. The number of morpholine rings is 1. The van der Waals surface area contributed by atoms with Gasteiger partial charge in [0.05, 0.1) is 24.4 Å². The predicted octanol–water partition coefficient (Wildman–Crippen LogP) is 2.19. The molecular formula is C20H33IN4O2. The van der Waals surface area contributed by atoms with Crippen LogP contribution in [0.15, 0.2) is 35.3 Å². The number of ether oxygens (including phenoxy) is 2. The van der Waals surface area contributed by atoms with E-state index in [-0.39, 0.29) is 35.7 Å². The Kier molecular flexibility index (Phi) is 8.33. The second-order valence-corrected chi connectivity index (χ2v) is 7.70. The molecule has 0 aromatic heterocycles. The van der Waals surface area contributed by atoms with Crippen molar-refractivity contribution in [1.29, 1.82) is 0 Å². The Balaban J connectivity index is 0.00000261. The van der Waals surface area contributed by atoms with Gasteiger partial charge in [-0.3, -0.25) is 9.89 Å². The summed E-state index contributed by atoms with van der Waals surface area (Å²) >= 11 is 0. The van der Waals surface area contributed by atoms with E-state index in [4.69, 9.17) is 9.47 Å². The van der Waals surface area contributed by atoms with E-state index in [2.05, 4.69) is 64.3 Å².